The average Bonchev–Trinajstić information content (AvgIpc) is 2.43. The van der Waals surface area contributed by atoms with Gasteiger partial charge in [0.2, 0.25) is 10.0 Å². The number of hydrogen-bond donors (Lipinski definition) is 3. The number of sulfonamides is 1. The van der Waals surface area contributed by atoms with Gasteiger partial charge in [-0.2, -0.15) is 0 Å². The molecule has 0 spiro atoms. The Morgan fingerprint density at radius 1 is 1.24 bits per heavy atom. The van der Waals surface area contributed by atoms with Crippen LogP contribution in [0.2, 0.25) is 0 Å². The smallest absolute Gasteiger partial charge is 0.212 e. The van der Waals surface area contributed by atoms with E-state index in [2.05, 4.69) is 4.72 Å². The first-order valence-electron chi connectivity index (χ1n) is 7.13. The maximum atomic E-state index is 12.0. The van der Waals surface area contributed by atoms with Gasteiger partial charge in [0.1, 0.15) is 0 Å². The second-order valence-electron chi connectivity index (χ2n) is 5.31. The highest BCUT2D eigenvalue weighted by Gasteiger charge is 2.26. The van der Waals surface area contributed by atoms with Crippen LogP contribution in [0.25, 0.3) is 0 Å². The van der Waals surface area contributed by atoms with E-state index < -0.39 is 16.1 Å². The summed E-state index contributed by atoms with van der Waals surface area (Å²) in [5, 5.41) is 9.82. The normalized spacial score (nSPS) is 23.1. The average molecular weight is 330 g/mol. The number of hydrogen-bond acceptors (Lipinski definition) is 5. The topological polar surface area (TPSA) is 92.4 Å². The zero-order chi connectivity index (χ0) is 15.3. The van der Waals surface area contributed by atoms with Crippen LogP contribution in [-0.4, -0.2) is 37.2 Å². The summed E-state index contributed by atoms with van der Waals surface area (Å²) in [5.41, 5.74) is 6.30. The van der Waals surface area contributed by atoms with Crippen molar-refractivity contribution in [3.05, 3.63) is 24.3 Å². The molecule has 2 atom stereocenters. The molecule has 0 heterocycles. The zero-order valence-corrected chi connectivity index (χ0v) is 13.5. The van der Waals surface area contributed by atoms with E-state index in [4.69, 9.17) is 5.73 Å². The highest BCUT2D eigenvalue weighted by atomic mass is 32.2. The molecule has 0 amide bonds. The third kappa shape index (κ3) is 5.50. The van der Waals surface area contributed by atoms with Crippen LogP contribution in [0.3, 0.4) is 0 Å². The minimum Gasteiger partial charge on any atom is -0.399 e. The van der Waals surface area contributed by atoms with E-state index >= 15 is 0 Å². The van der Waals surface area contributed by atoms with Crippen molar-refractivity contribution >= 4 is 27.5 Å². The standard InChI is InChI=1S/C14H22N2O3S2/c15-11-5-7-12(8-6-11)20-9-10-21(18,19)16-13-3-1-2-4-14(13)17/h5-8,13-14,16-17H,1-4,9-10,15H2/t13-,14-/m0/s1. The summed E-state index contributed by atoms with van der Waals surface area (Å²) in [6.07, 6.45) is 2.76. The van der Waals surface area contributed by atoms with Gasteiger partial charge in [0.05, 0.1) is 11.9 Å². The van der Waals surface area contributed by atoms with Crippen molar-refractivity contribution in [3.8, 4) is 0 Å². The summed E-state index contributed by atoms with van der Waals surface area (Å²) >= 11 is 1.48. The lowest BCUT2D eigenvalue weighted by molar-refractivity contribution is 0.101. The molecule has 0 aromatic heterocycles. The molecule has 0 bridgehead atoms. The van der Waals surface area contributed by atoms with Crippen LogP contribution in [0, 0.1) is 0 Å². The minimum atomic E-state index is -3.35. The molecule has 0 unspecified atom stereocenters. The molecule has 4 N–H and O–H groups in total. The molecule has 7 heteroatoms. The van der Waals surface area contributed by atoms with Crippen molar-refractivity contribution in [3.63, 3.8) is 0 Å². The Morgan fingerprint density at radius 3 is 2.57 bits per heavy atom. The fourth-order valence-electron chi connectivity index (χ4n) is 2.37. The van der Waals surface area contributed by atoms with Gasteiger partial charge in [0.15, 0.2) is 0 Å². The molecule has 0 aliphatic heterocycles. The van der Waals surface area contributed by atoms with Gasteiger partial charge >= 0.3 is 0 Å². The van der Waals surface area contributed by atoms with E-state index in [-0.39, 0.29) is 11.8 Å². The fraction of sp³-hybridized carbons (Fsp3) is 0.571. The maximum Gasteiger partial charge on any atom is 0.212 e. The quantitative estimate of drug-likeness (QED) is 0.544. The molecule has 1 aliphatic rings. The van der Waals surface area contributed by atoms with Crippen LogP contribution < -0.4 is 10.5 Å². The molecule has 1 aliphatic carbocycles. The molecule has 5 nitrogen and oxygen atoms in total. The van der Waals surface area contributed by atoms with Gasteiger partial charge in [-0.25, -0.2) is 13.1 Å². The minimum absolute atomic E-state index is 0.0469. The Morgan fingerprint density at radius 2 is 1.90 bits per heavy atom. The predicted molar refractivity (Wildman–Crippen MR) is 86.8 cm³/mol. The Hall–Kier alpha value is -0.760. The second kappa shape index (κ2) is 7.49. The highest BCUT2D eigenvalue weighted by molar-refractivity contribution is 8.00. The number of nitrogens with one attached hydrogen (secondary N) is 1. The van der Waals surface area contributed by atoms with E-state index in [1.165, 1.54) is 11.8 Å². The van der Waals surface area contributed by atoms with Crippen LogP contribution in [0.5, 0.6) is 0 Å². The van der Waals surface area contributed by atoms with Gasteiger partial charge in [-0.1, -0.05) is 12.8 Å². The largest absolute Gasteiger partial charge is 0.399 e. The third-order valence-corrected chi connectivity index (χ3v) is 6.24. The molecule has 1 fully saturated rings. The first-order chi connectivity index (χ1) is 9.96. The summed E-state index contributed by atoms with van der Waals surface area (Å²) in [7, 11) is -3.35. The second-order valence-corrected chi connectivity index (χ2v) is 8.35. The number of aliphatic hydroxyl groups is 1. The van der Waals surface area contributed by atoms with Crippen LogP contribution in [0.4, 0.5) is 5.69 Å². The van der Waals surface area contributed by atoms with Crippen LogP contribution >= 0.6 is 11.8 Å². The third-order valence-electron chi connectivity index (χ3n) is 3.56. The zero-order valence-electron chi connectivity index (χ0n) is 11.9. The number of rotatable bonds is 6. The first-order valence-corrected chi connectivity index (χ1v) is 9.76. The summed E-state index contributed by atoms with van der Waals surface area (Å²) < 4.78 is 26.7. The van der Waals surface area contributed by atoms with Gasteiger partial charge < -0.3 is 10.8 Å². The molecule has 0 saturated heterocycles. The SMILES string of the molecule is Nc1ccc(SCCS(=O)(=O)N[C@H]2CCCC[C@@H]2O)cc1. The van der Waals surface area contributed by atoms with E-state index in [9.17, 15) is 13.5 Å². The van der Waals surface area contributed by atoms with E-state index in [0.29, 0.717) is 24.3 Å². The lowest BCUT2D eigenvalue weighted by atomic mass is 9.93. The molecule has 118 valence electrons. The van der Waals surface area contributed by atoms with Gasteiger partial charge in [0.25, 0.3) is 0 Å². The number of nitrogen functional groups attached to an aromatic ring is 1. The number of nitrogens with two attached hydrogens (primary N) is 1. The number of benzene rings is 1. The monoisotopic (exact) mass is 330 g/mol. The van der Waals surface area contributed by atoms with E-state index in [1.54, 1.807) is 12.1 Å². The van der Waals surface area contributed by atoms with Crippen LogP contribution in [0.1, 0.15) is 25.7 Å². The number of aliphatic hydroxyl groups excluding tert-OH is 1. The lowest BCUT2D eigenvalue weighted by Crippen LogP contribution is -2.46. The summed E-state index contributed by atoms with van der Waals surface area (Å²) in [6.45, 7) is 0. The predicted octanol–water partition coefficient (Wildman–Crippen LogP) is 1.58. The van der Waals surface area contributed by atoms with Crippen molar-refractivity contribution in [1.29, 1.82) is 0 Å². The van der Waals surface area contributed by atoms with Crippen molar-refractivity contribution in [2.75, 3.05) is 17.2 Å². The molecular weight excluding hydrogens is 308 g/mol. The van der Waals surface area contributed by atoms with Crippen molar-refractivity contribution in [1.82, 2.24) is 4.72 Å². The Kier molecular flexibility index (Phi) is 5.92. The van der Waals surface area contributed by atoms with E-state index in [1.807, 2.05) is 12.1 Å². The highest BCUT2D eigenvalue weighted by Crippen LogP contribution is 2.21. The van der Waals surface area contributed by atoms with Crippen molar-refractivity contribution in [2.45, 2.75) is 42.7 Å². The van der Waals surface area contributed by atoms with Gasteiger partial charge in [0, 0.05) is 22.4 Å². The Labute approximate surface area is 130 Å². The fourth-order valence-corrected chi connectivity index (χ4v) is 5.00. The molecular formula is C14H22N2O3S2. The molecule has 1 saturated carbocycles. The van der Waals surface area contributed by atoms with Gasteiger partial charge in [-0.3, -0.25) is 0 Å². The van der Waals surface area contributed by atoms with Gasteiger partial charge in [-0.05, 0) is 37.1 Å². The van der Waals surface area contributed by atoms with E-state index in [0.717, 1.165) is 17.7 Å². The van der Waals surface area contributed by atoms with Crippen LogP contribution in [-0.2, 0) is 10.0 Å². The summed E-state index contributed by atoms with van der Waals surface area (Å²) in [6, 6.07) is 7.03. The first kappa shape index (κ1) is 16.6. The lowest BCUT2D eigenvalue weighted by Gasteiger charge is -2.28. The summed E-state index contributed by atoms with van der Waals surface area (Å²) in [4.78, 5) is 0.997. The molecule has 0 radical (unpaired) electrons. The number of anilines is 1. The van der Waals surface area contributed by atoms with Crippen molar-refractivity contribution < 1.29 is 13.5 Å². The molecule has 21 heavy (non-hydrogen) atoms. The van der Waals surface area contributed by atoms with Crippen molar-refractivity contribution in [2.24, 2.45) is 0 Å². The maximum absolute atomic E-state index is 12.0. The Balaban J connectivity index is 1.79. The number of thioether (sulfide) groups is 1. The Bertz CT molecular complexity index is 546. The molecule has 1 aromatic rings. The van der Waals surface area contributed by atoms with Gasteiger partial charge in [-0.15, -0.1) is 11.8 Å². The summed E-state index contributed by atoms with van der Waals surface area (Å²) in [5.74, 6) is 0.521. The molecule has 2 rings (SSSR count). The molecule has 1 aromatic carbocycles. The van der Waals surface area contributed by atoms with Crippen LogP contribution in [0.15, 0.2) is 29.2 Å².